The first-order valence-corrected chi connectivity index (χ1v) is 10.5. The molecule has 9 heteroatoms. The lowest BCUT2D eigenvalue weighted by Crippen LogP contribution is -2.43. The Morgan fingerprint density at radius 2 is 1.97 bits per heavy atom. The number of rotatable bonds is 5. The summed E-state index contributed by atoms with van der Waals surface area (Å²) in [6.07, 6.45) is -3.03. The summed E-state index contributed by atoms with van der Waals surface area (Å²) in [5.74, 6) is -0.575. The van der Waals surface area contributed by atoms with Gasteiger partial charge in [-0.25, -0.2) is 9.97 Å². The monoisotopic (exact) mass is 456 g/mol. The molecule has 172 valence electrons. The van der Waals surface area contributed by atoms with Crippen LogP contribution in [-0.4, -0.2) is 51.4 Å². The molecule has 3 aromatic rings. The molecule has 33 heavy (non-hydrogen) atoms. The number of piperazine rings is 1. The van der Waals surface area contributed by atoms with Crippen molar-refractivity contribution in [2.75, 3.05) is 36.3 Å². The van der Waals surface area contributed by atoms with Gasteiger partial charge >= 0.3 is 0 Å². The lowest BCUT2D eigenvalue weighted by atomic mass is 10.0. The van der Waals surface area contributed by atoms with Crippen molar-refractivity contribution < 1.29 is 17.1 Å². The van der Waals surface area contributed by atoms with Crippen LogP contribution in [0.5, 0.6) is 0 Å². The summed E-state index contributed by atoms with van der Waals surface area (Å²) in [5, 5.41) is 5.74. The predicted octanol–water partition coefficient (Wildman–Crippen LogP) is 2.97. The quantitative estimate of drug-likeness (QED) is 0.565. The van der Waals surface area contributed by atoms with Crippen molar-refractivity contribution in [2.45, 2.75) is 45.5 Å². The number of nitrogens with zero attached hydrogens (tertiary/aromatic N) is 5. The first-order valence-electron chi connectivity index (χ1n) is 15.0. The van der Waals surface area contributed by atoms with Crippen LogP contribution in [0.2, 0.25) is 0 Å². The highest BCUT2D eigenvalue weighted by molar-refractivity contribution is 5.99. The predicted molar refractivity (Wildman–Crippen MR) is 129 cm³/mol. The average Bonchev–Trinajstić information content (AvgIpc) is 3.03. The minimum Gasteiger partial charge on any atom is -0.368 e. The number of carbonyl (C=O) groups excluding carboxylic acids is 1. The summed E-state index contributed by atoms with van der Waals surface area (Å²) in [4.78, 5) is 40.0. The Bertz CT molecular complexity index is 1610. The minimum absolute atomic E-state index is 0.0861. The minimum atomic E-state index is -2.75. The van der Waals surface area contributed by atoms with Crippen LogP contribution in [0.4, 0.5) is 17.5 Å². The van der Waals surface area contributed by atoms with E-state index in [0.717, 1.165) is 11.8 Å². The van der Waals surface area contributed by atoms with Crippen molar-refractivity contribution in [3.63, 3.8) is 0 Å². The van der Waals surface area contributed by atoms with Gasteiger partial charge in [-0.2, -0.15) is 4.98 Å². The van der Waals surface area contributed by atoms with Crippen LogP contribution in [-0.2, 0) is 0 Å². The number of anilines is 3. The number of aromatic nitrogens is 4. The second-order valence-electron chi connectivity index (χ2n) is 7.61. The Morgan fingerprint density at radius 1 is 1.21 bits per heavy atom. The van der Waals surface area contributed by atoms with Gasteiger partial charge in [0.2, 0.25) is 5.95 Å². The van der Waals surface area contributed by atoms with Gasteiger partial charge in [0, 0.05) is 49.2 Å². The lowest BCUT2D eigenvalue weighted by Gasteiger charge is -2.29. The van der Waals surface area contributed by atoms with Gasteiger partial charge in [-0.05, 0) is 44.3 Å². The fourth-order valence-electron chi connectivity index (χ4n) is 3.85. The van der Waals surface area contributed by atoms with Gasteiger partial charge in [0.25, 0.3) is 5.56 Å². The van der Waals surface area contributed by atoms with Crippen LogP contribution in [0, 0.1) is 6.92 Å². The van der Waals surface area contributed by atoms with E-state index in [0.29, 0.717) is 4.57 Å². The molecule has 9 nitrogen and oxygen atoms in total. The van der Waals surface area contributed by atoms with E-state index in [-0.39, 0.29) is 65.5 Å². The number of aryl methyl sites for hydroxylation is 1. The topological polar surface area (TPSA) is 105 Å². The summed E-state index contributed by atoms with van der Waals surface area (Å²) in [6.45, 7) is -1.55. The Hall–Kier alpha value is -3.33. The van der Waals surface area contributed by atoms with E-state index >= 15 is 0 Å². The first-order chi connectivity index (χ1) is 19.3. The summed E-state index contributed by atoms with van der Waals surface area (Å²) in [6, 6.07) is 0.172. The second-order valence-corrected chi connectivity index (χ2v) is 7.61. The molecule has 2 fully saturated rings. The highest BCUT2D eigenvalue weighted by Gasteiger charge is 2.25. The van der Waals surface area contributed by atoms with Crippen LogP contribution in [0.25, 0.3) is 11.0 Å². The number of pyridine rings is 2. The van der Waals surface area contributed by atoms with Crippen LogP contribution < -0.4 is 21.1 Å². The highest BCUT2D eigenvalue weighted by Crippen LogP contribution is 2.32. The van der Waals surface area contributed by atoms with Gasteiger partial charge in [0.15, 0.2) is 5.78 Å². The van der Waals surface area contributed by atoms with E-state index < -0.39 is 43.1 Å². The molecule has 5 rings (SSSR count). The molecule has 0 amide bonds. The molecule has 0 bridgehead atoms. The van der Waals surface area contributed by atoms with Crippen molar-refractivity contribution in [3.8, 4) is 0 Å². The molecule has 1 saturated heterocycles. The maximum atomic E-state index is 13.7. The fraction of sp³-hybridized carbons (Fsp3) is 0.458. The van der Waals surface area contributed by atoms with Crippen molar-refractivity contribution in [1.29, 1.82) is 0 Å². The van der Waals surface area contributed by atoms with Crippen LogP contribution >= 0.6 is 0 Å². The average molecular weight is 457 g/mol. The molecule has 0 unspecified atom stereocenters. The summed E-state index contributed by atoms with van der Waals surface area (Å²) in [5.41, 5.74) is -1.15. The van der Waals surface area contributed by atoms with Crippen LogP contribution in [0.15, 0.2) is 29.3 Å². The normalized spacial score (nSPS) is 28.1. The molecule has 0 spiro atoms. The van der Waals surface area contributed by atoms with Crippen LogP contribution in [0.3, 0.4) is 0 Å². The first kappa shape index (κ1) is 13.4. The van der Waals surface area contributed by atoms with E-state index in [2.05, 4.69) is 25.6 Å². The number of fused-ring (bicyclic) bond motifs is 1. The molecule has 1 aliphatic heterocycles. The number of carbonyl (C=O) groups is 1. The van der Waals surface area contributed by atoms with Crippen molar-refractivity contribution >= 4 is 34.3 Å². The van der Waals surface area contributed by atoms with E-state index in [9.17, 15) is 9.59 Å². The largest absolute Gasteiger partial charge is 0.368 e. The second kappa shape index (κ2) is 8.90. The lowest BCUT2D eigenvalue weighted by molar-refractivity contribution is 0.101. The van der Waals surface area contributed by atoms with Gasteiger partial charge in [0.1, 0.15) is 11.5 Å². The third-order valence-corrected chi connectivity index (χ3v) is 5.43. The summed E-state index contributed by atoms with van der Waals surface area (Å²) in [7, 11) is 0. The molecule has 2 N–H and O–H groups in total. The zero-order valence-corrected chi connectivity index (χ0v) is 18.2. The molecule has 2 aliphatic rings. The smallest absolute Gasteiger partial charge is 0.263 e. The molecule has 0 radical (unpaired) electrons. The van der Waals surface area contributed by atoms with Gasteiger partial charge < -0.3 is 15.5 Å². The zero-order valence-electron chi connectivity index (χ0n) is 27.2. The molecule has 3 aromatic heterocycles. The van der Waals surface area contributed by atoms with Crippen molar-refractivity contribution in [1.82, 2.24) is 24.8 Å². The zero-order chi connectivity index (χ0) is 31.0. The number of hydrogen-bond acceptors (Lipinski definition) is 8. The number of ketones is 1. The van der Waals surface area contributed by atoms with E-state index in [1.165, 1.54) is 31.5 Å². The number of nitrogens with one attached hydrogen (secondary N) is 2. The molecule has 0 atom stereocenters. The Morgan fingerprint density at radius 3 is 2.64 bits per heavy atom. The van der Waals surface area contributed by atoms with Crippen molar-refractivity contribution in [3.05, 3.63) is 46.0 Å². The van der Waals surface area contributed by atoms with E-state index in [1.54, 1.807) is 0 Å². The van der Waals surface area contributed by atoms with E-state index in [4.69, 9.17) is 12.3 Å². The Labute approximate surface area is 204 Å². The molecule has 1 saturated carbocycles. The van der Waals surface area contributed by atoms with Gasteiger partial charge in [-0.3, -0.25) is 14.2 Å². The van der Waals surface area contributed by atoms with Gasteiger partial charge in [-0.15, -0.1) is 0 Å². The van der Waals surface area contributed by atoms with Gasteiger partial charge in [0.05, 0.1) is 24.3 Å². The highest BCUT2D eigenvalue weighted by atomic mass is 16.1. The van der Waals surface area contributed by atoms with E-state index in [1.807, 2.05) is 0 Å². The third-order valence-electron chi connectivity index (χ3n) is 5.43. The molecule has 0 aromatic carbocycles. The molecular weight excluding hydrogens is 418 g/mol. The molecular formula is C24H29N7O2. The maximum Gasteiger partial charge on any atom is 0.263 e. The SMILES string of the molecule is [2H]C1([2H])CNCC([2H])([2H])N1c1ccc(Nc2ncc3c(C)c(C(C)=O)c(=O)n(C4([2H])C([2H])([2H])CCC4([2H])[2H])c3n2)nc1. The number of Topliss-reactive ketones (excluding diaryl/α,β-unsaturated/α-hetero) is 1. The van der Waals surface area contributed by atoms with Gasteiger partial charge in [-0.1, -0.05) is 12.8 Å². The molecule has 1 aliphatic carbocycles. The van der Waals surface area contributed by atoms with Crippen molar-refractivity contribution in [2.24, 2.45) is 0 Å². The number of hydrogen-bond donors (Lipinski definition) is 2. The maximum absolute atomic E-state index is 13.7. The molecule has 4 heterocycles. The van der Waals surface area contributed by atoms with Crippen LogP contribution in [0.1, 0.15) is 66.8 Å². The summed E-state index contributed by atoms with van der Waals surface area (Å²) < 4.78 is 76.6. The Kier molecular flexibility index (Phi) is 3.61. The Balaban J connectivity index is 1.62. The summed E-state index contributed by atoms with van der Waals surface area (Å²) >= 11 is 0. The fourth-order valence-corrected chi connectivity index (χ4v) is 3.85. The standard InChI is InChI=1S/C24H29N7O2/c1-15-19-14-27-24(28-20-8-7-18(13-26-20)30-11-9-25-10-12-30)29-22(19)31(17-5-3-4-6-17)23(33)21(15)16(2)32/h7-8,13-14,17,25H,3-6,9-12H2,1-2H3,(H,26,27,28,29)/i5D2,6D2,11D2,12D2,17D. The third kappa shape index (κ3) is 4.08.